The maximum atomic E-state index is 11.2. The van der Waals surface area contributed by atoms with E-state index in [2.05, 4.69) is 11.3 Å². The molecule has 1 rings (SSSR count). The molecule has 17 heavy (non-hydrogen) atoms. The van der Waals surface area contributed by atoms with Gasteiger partial charge in [-0.25, -0.2) is 0 Å². The summed E-state index contributed by atoms with van der Waals surface area (Å²) in [6.45, 7) is 3.66. The Morgan fingerprint density at radius 1 is 1.12 bits per heavy atom. The molecule has 90 valence electrons. The quantitative estimate of drug-likeness (QED) is 0.428. The summed E-state index contributed by atoms with van der Waals surface area (Å²) in [5.41, 5.74) is 0.875. The van der Waals surface area contributed by atoms with Crippen LogP contribution in [0, 0.1) is 0 Å². The van der Waals surface area contributed by atoms with Crippen molar-refractivity contribution in [3.05, 3.63) is 48.6 Å². The van der Waals surface area contributed by atoms with E-state index >= 15 is 0 Å². The van der Waals surface area contributed by atoms with Crippen LogP contribution in [0.1, 0.15) is 12.0 Å². The summed E-state index contributed by atoms with van der Waals surface area (Å²) >= 11 is 0. The van der Waals surface area contributed by atoms with Crippen LogP contribution in [0.25, 0.3) is 0 Å². The van der Waals surface area contributed by atoms with Crippen molar-refractivity contribution in [1.29, 1.82) is 0 Å². The maximum Gasteiger partial charge on any atom is 0.317 e. The minimum absolute atomic E-state index is 0.102. The molecule has 0 fully saturated rings. The van der Waals surface area contributed by atoms with Gasteiger partial charge in [0.2, 0.25) is 0 Å². The minimum Gasteiger partial charge on any atom is -0.461 e. The summed E-state index contributed by atoms with van der Waals surface area (Å²) in [5, 5.41) is 0. The number of hydrogen-bond acceptors (Lipinski definition) is 4. The highest BCUT2D eigenvalue weighted by Crippen LogP contribution is 2.02. The Bertz CT molecular complexity index is 384. The third-order valence-electron chi connectivity index (χ3n) is 1.89. The van der Waals surface area contributed by atoms with Gasteiger partial charge in [0.25, 0.3) is 0 Å². The van der Waals surface area contributed by atoms with Crippen molar-refractivity contribution in [3.8, 4) is 0 Å². The van der Waals surface area contributed by atoms with Gasteiger partial charge in [-0.1, -0.05) is 43.0 Å². The Morgan fingerprint density at radius 2 is 1.76 bits per heavy atom. The van der Waals surface area contributed by atoms with E-state index in [1.807, 2.05) is 30.3 Å². The zero-order chi connectivity index (χ0) is 12.5. The normalized spacial score (nSPS) is 9.41. The highest BCUT2D eigenvalue weighted by molar-refractivity contribution is 5.91. The lowest BCUT2D eigenvalue weighted by molar-refractivity contribution is -0.154. The van der Waals surface area contributed by atoms with Crippen LogP contribution in [0.5, 0.6) is 0 Å². The summed E-state index contributed by atoms with van der Waals surface area (Å²) in [7, 11) is 0. The van der Waals surface area contributed by atoms with Crippen molar-refractivity contribution in [1.82, 2.24) is 0 Å². The van der Waals surface area contributed by atoms with E-state index in [-0.39, 0.29) is 19.6 Å². The van der Waals surface area contributed by atoms with Crippen LogP contribution in [0.15, 0.2) is 43.0 Å². The van der Waals surface area contributed by atoms with Crippen molar-refractivity contribution < 1.29 is 19.1 Å². The molecule has 1 aromatic rings. The zero-order valence-corrected chi connectivity index (χ0v) is 9.43. The molecular formula is C13H14O4. The highest BCUT2D eigenvalue weighted by Gasteiger charge is 2.11. The average molecular weight is 234 g/mol. The molecule has 0 saturated carbocycles. The van der Waals surface area contributed by atoms with Crippen molar-refractivity contribution in [2.75, 3.05) is 6.61 Å². The Labute approximate surface area is 99.8 Å². The smallest absolute Gasteiger partial charge is 0.317 e. The number of carbonyl (C=O) groups excluding carboxylic acids is 2. The molecule has 0 atom stereocenters. The number of carbonyl (C=O) groups is 2. The van der Waals surface area contributed by atoms with Gasteiger partial charge in [-0.2, -0.15) is 0 Å². The van der Waals surface area contributed by atoms with E-state index < -0.39 is 11.9 Å². The fraction of sp³-hybridized carbons (Fsp3) is 0.231. The summed E-state index contributed by atoms with van der Waals surface area (Å²) < 4.78 is 9.57. The first-order chi connectivity index (χ1) is 8.22. The van der Waals surface area contributed by atoms with Gasteiger partial charge in [0.15, 0.2) is 0 Å². The fourth-order valence-electron chi connectivity index (χ4n) is 1.11. The zero-order valence-electron chi connectivity index (χ0n) is 9.43. The molecule has 0 aliphatic heterocycles. The lowest BCUT2D eigenvalue weighted by atomic mass is 10.2. The van der Waals surface area contributed by atoms with Gasteiger partial charge in [0.05, 0.1) is 0 Å². The summed E-state index contributed by atoms with van der Waals surface area (Å²) in [4.78, 5) is 22.3. The number of ether oxygens (including phenoxy) is 2. The molecule has 0 amide bonds. The molecule has 0 spiro atoms. The number of benzene rings is 1. The molecule has 0 radical (unpaired) electrons. The van der Waals surface area contributed by atoms with Gasteiger partial charge in [0, 0.05) is 0 Å². The molecular weight excluding hydrogens is 220 g/mol. The predicted octanol–water partition coefficient (Wildman–Crippen LogP) is 1.85. The molecule has 0 unspecified atom stereocenters. The van der Waals surface area contributed by atoms with Crippen molar-refractivity contribution in [2.45, 2.75) is 13.0 Å². The second-order valence-electron chi connectivity index (χ2n) is 3.29. The monoisotopic (exact) mass is 234 g/mol. The highest BCUT2D eigenvalue weighted by atomic mass is 16.6. The van der Waals surface area contributed by atoms with Gasteiger partial charge in [-0.05, 0) is 5.56 Å². The van der Waals surface area contributed by atoms with E-state index in [1.54, 1.807) is 0 Å². The van der Waals surface area contributed by atoms with E-state index in [0.717, 1.165) is 5.56 Å². The topological polar surface area (TPSA) is 52.6 Å². The molecule has 0 aromatic heterocycles. The molecule has 4 heteroatoms. The first kappa shape index (κ1) is 13.0. The fourth-order valence-corrected chi connectivity index (χ4v) is 1.11. The second kappa shape index (κ2) is 7.22. The first-order valence-corrected chi connectivity index (χ1v) is 5.18. The maximum absolute atomic E-state index is 11.2. The van der Waals surface area contributed by atoms with Crippen molar-refractivity contribution in [3.63, 3.8) is 0 Å². The van der Waals surface area contributed by atoms with E-state index in [9.17, 15) is 9.59 Å². The lowest BCUT2D eigenvalue weighted by Gasteiger charge is -2.04. The number of rotatable bonds is 6. The van der Waals surface area contributed by atoms with Crippen molar-refractivity contribution in [2.24, 2.45) is 0 Å². The van der Waals surface area contributed by atoms with Gasteiger partial charge >= 0.3 is 11.9 Å². The van der Waals surface area contributed by atoms with Crippen LogP contribution < -0.4 is 0 Å². The SMILES string of the molecule is C=CCOC(=O)CC(=O)OCc1ccccc1. The molecule has 0 aliphatic rings. The Morgan fingerprint density at radius 3 is 2.41 bits per heavy atom. The van der Waals surface area contributed by atoms with E-state index in [4.69, 9.17) is 4.74 Å². The molecule has 1 aromatic carbocycles. The average Bonchev–Trinajstić information content (AvgIpc) is 2.35. The molecule has 0 bridgehead atoms. The van der Waals surface area contributed by atoms with Gasteiger partial charge in [0.1, 0.15) is 19.6 Å². The summed E-state index contributed by atoms with van der Waals surface area (Å²) in [6.07, 6.45) is 1.06. The largest absolute Gasteiger partial charge is 0.461 e. The van der Waals surface area contributed by atoms with Crippen LogP contribution >= 0.6 is 0 Å². The number of esters is 2. The second-order valence-corrected chi connectivity index (χ2v) is 3.29. The molecule has 0 aliphatic carbocycles. The number of hydrogen-bond donors (Lipinski definition) is 0. The predicted molar refractivity (Wildman–Crippen MR) is 62.0 cm³/mol. The Balaban J connectivity index is 2.26. The standard InChI is InChI=1S/C13H14O4/c1-2-8-16-12(14)9-13(15)17-10-11-6-4-3-5-7-11/h2-7H,1,8-10H2. The van der Waals surface area contributed by atoms with E-state index in [0.29, 0.717) is 0 Å². The van der Waals surface area contributed by atoms with Crippen molar-refractivity contribution >= 4 is 11.9 Å². The van der Waals surface area contributed by atoms with Crippen LogP contribution in [0.3, 0.4) is 0 Å². The molecule has 0 heterocycles. The molecule has 0 saturated heterocycles. The van der Waals surface area contributed by atoms with Gasteiger partial charge in [-0.15, -0.1) is 0 Å². The summed E-state index contributed by atoms with van der Waals surface area (Å²) in [6, 6.07) is 9.24. The van der Waals surface area contributed by atoms with Gasteiger partial charge in [-0.3, -0.25) is 9.59 Å². The third-order valence-corrected chi connectivity index (χ3v) is 1.89. The summed E-state index contributed by atoms with van der Waals surface area (Å²) in [5.74, 6) is -1.20. The lowest BCUT2D eigenvalue weighted by Crippen LogP contribution is -2.13. The van der Waals surface area contributed by atoms with Crippen LogP contribution in [0.4, 0.5) is 0 Å². The molecule has 4 nitrogen and oxygen atoms in total. The minimum atomic E-state index is -0.608. The van der Waals surface area contributed by atoms with Crippen LogP contribution in [-0.4, -0.2) is 18.5 Å². The van der Waals surface area contributed by atoms with Crippen LogP contribution in [-0.2, 0) is 25.7 Å². The van der Waals surface area contributed by atoms with Crippen LogP contribution in [0.2, 0.25) is 0 Å². The first-order valence-electron chi connectivity index (χ1n) is 5.18. The molecule has 0 N–H and O–H groups in total. The Hall–Kier alpha value is -2.10. The Kier molecular flexibility index (Phi) is 5.51. The van der Waals surface area contributed by atoms with Gasteiger partial charge < -0.3 is 9.47 Å². The third kappa shape index (κ3) is 5.51. The van der Waals surface area contributed by atoms with E-state index in [1.165, 1.54) is 6.08 Å².